The molecule has 6 rings (SSSR count). The Kier molecular flexibility index (Phi) is 5.70. The molecule has 2 aliphatic carbocycles. The summed E-state index contributed by atoms with van der Waals surface area (Å²) in [6.45, 7) is 5.12. The molecule has 2 bridgehead atoms. The van der Waals surface area contributed by atoms with Gasteiger partial charge in [0.05, 0.1) is 16.6 Å². The molecule has 8 heteroatoms. The zero-order valence-electron chi connectivity index (χ0n) is 22.5. The van der Waals surface area contributed by atoms with E-state index in [0.717, 1.165) is 29.9 Å². The second-order valence-electron chi connectivity index (χ2n) is 11.9. The van der Waals surface area contributed by atoms with Gasteiger partial charge in [-0.05, 0) is 87.9 Å². The van der Waals surface area contributed by atoms with Crippen LogP contribution in [0.1, 0.15) is 44.2 Å². The van der Waals surface area contributed by atoms with Crippen LogP contribution in [0.4, 0.5) is 11.4 Å². The Labute approximate surface area is 223 Å². The maximum Gasteiger partial charge on any atom is 0.254 e. The number of fused-ring (bicyclic) bond motifs is 1. The van der Waals surface area contributed by atoms with E-state index in [1.165, 1.54) is 12.8 Å². The number of anilines is 2. The number of rotatable bonds is 6. The Morgan fingerprint density at radius 1 is 1.18 bits per heavy atom. The molecule has 0 radical (unpaired) electrons. The molecule has 2 fully saturated rings. The number of aliphatic hydroxyl groups is 2. The van der Waals surface area contributed by atoms with Crippen LogP contribution in [0, 0.1) is 5.92 Å². The molecule has 2 aliphatic heterocycles. The van der Waals surface area contributed by atoms with Gasteiger partial charge in [0.15, 0.2) is 17.6 Å². The van der Waals surface area contributed by atoms with Crippen molar-refractivity contribution in [2.45, 2.75) is 62.7 Å². The maximum atomic E-state index is 13.2. The summed E-state index contributed by atoms with van der Waals surface area (Å²) in [5.74, 6) is 0.305. The van der Waals surface area contributed by atoms with Gasteiger partial charge in [0, 0.05) is 43.6 Å². The van der Waals surface area contributed by atoms with Crippen molar-refractivity contribution in [2.24, 2.45) is 5.92 Å². The Hall–Kier alpha value is -3.23. The quantitative estimate of drug-likeness (QED) is 0.341. The number of aliphatic hydroxyl groups excluding tert-OH is 1. The van der Waals surface area contributed by atoms with Crippen LogP contribution in [0.25, 0.3) is 0 Å². The Balaban J connectivity index is 1.37. The second kappa shape index (κ2) is 8.64. The van der Waals surface area contributed by atoms with Gasteiger partial charge in [-0.1, -0.05) is 6.07 Å². The van der Waals surface area contributed by atoms with Crippen LogP contribution in [0.2, 0.25) is 0 Å². The lowest BCUT2D eigenvalue weighted by Crippen LogP contribution is -2.73. The minimum Gasteiger partial charge on any atom is -0.508 e. The Bertz CT molecular complexity index is 1310. The molecule has 1 amide bonds. The van der Waals surface area contributed by atoms with Crippen molar-refractivity contribution in [1.82, 2.24) is 4.90 Å². The molecule has 1 saturated heterocycles. The molecule has 2 aromatic carbocycles. The first-order valence-corrected chi connectivity index (χ1v) is 13.5. The van der Waals surface area contributed by atoms with Crippen molar-refractivity contribution in [1.29, 1.82) is 0 Å². The number of amides is 1. The normalized spacial score (nSPS) is 30.2. The van der Waals surface area contributed by atoms with E-state index in [1.54, 1.807) is 13.0 Å². The zero-order valence-corrected chi connectivity index (χ0v) is 22.5. The van der Waals surface area contributed by atoms with Crippen molar-refractivity contribution in [2.75, 3.05) is 37.4 Å². The highest BCUT2D eigenvalue weighted by Gasteiger charge is 2.69. The number of benzene rings is 2. The van der Waals surface area contributed by atoms with Gasteiger partial charge < -0.3 is 30.3 Å². The summed E-state index contributed by atoms with van der Waals surface area (Å²) in [6, 6.07) is 10.8. The van der Waals surface area contributed by atoms with Crippen LogP contribution in [-0.2, 0) is 16.6 Å². The molecule has 8 nitrogen and oxygen atoms in total. The number of phenolic OH excluding ortho intramolecular Hbond substituents is 1. The van der Waals surface area contributed by atoms with E-state index in [4.69, 9.17) is 4.74 Å². The van der Waals surface area contributed by atoms with E-state index in [-0.39, 0.29) is 23.1 Å². The third-order valence-electron chi connectivity index (χ3n) is 9.36. The van der Waals surface area contributed by atoms with Gasteiger partial charge in [0.2, 0.25) is 0 Å². The number of carbonyl (C=O) groups excluding carboxylic acids is 1. The molecule has 0 unspecified atom stereocenters. The predicted octanol–water partition coefficient (Wildman–Crippen LogP) is 3.72. The summed E-state index contributed by atoms with van der Waals surface area (Å²) in [5, 5.41) is 37.5. The molecule has 4 atom stereocenters. The monoisotopic (exact) mass is 519 g/mol. The molecule has 202 valence electrons. The van der Waals surface area contributed by atoms with Gasteiger partial charge in [-0.2, -0.15) is 0 Å². The van der Waals surface area contributed by atoms with E-state index < -0.39 is 23.0 Å². The van der Waals surface area contributed by atoms with Gasteiger partial charge in [0.1, 0.15) is 5.76 Å². The minimum atomic E-state index is -1.25. The number of phenols is 1. The topological polar surface area (TPSA) is 106 Å². The van der Waals surface area contributed by atoms with Crippen LogP contribution in [-0.4, -0.2) is 71.1 Å². The number of nitrogens with one attached hydrogen (secondary N) is 1. The van der Waals surface area contributed by atoms with Crippen LogP contribution < -0.4 is 15.0 Å². The van der Waals surface area contributed by atoms with Gasteiger partial charge in [-0.3, -0.25) is 9.69 Å². The van der Waals surface area contributed by atoms with Crippen molar-refractivity contribution in [3.05, 3.63) is 58.9 Å². The van der Waals surface area contributed by atoms with Gasteiger partial charge in [-0.25, -0.2) is 0 Å². The van der Waals surface area contributed by atoms with E-state index >= 15 is 0 Å². The summed E-state index contributed by atoms with van der Waals surface area (Å²) in [6.07, 6.45) is 2.65. The molecule has 1 spiro atoms. The maximum absolute atomic E-state index is 13.2. The average molecular weight is 520 g/mol. The van der Waals surface area contributed by atoms with Gasteiger partial charge >= 0.3 is 0 Å². The summed E-state index contributed by atoms with van der Waals surface area (Å²) in [4.78, 5) is 17.6. The lowest BCUT2D eigenvalue weighted by molar-refractivity contribution is -0.153. The van der Waals surface area contributed by atoms with Crippen LogP contribution in [0.3, 0.4) is 0 Å². The first-order valence-electron chi connectivity index (χ1n) is 13.5. The molecular weight excluding hydrogens is 482 g/mol. The summed E-state index contributed by atoms with van der Waals surface area (Å²) in [7, 11) is 3.89. The molecule has 4 aliphatic rings. The molecule has 2 aromatic rings. The highest BCUT2D eigenvalue weighted by Crippen LogP contribution is 2.63. The first-order chi connectivity index (χ1) is 18.0. The second-order valence-corrected chi connectivity index (χ2v) is 11.9. The molecule has 0 aromatic heterocycles. The van der Waals surface area contributed by atoms with E-state index in [9.17, 15) is 20.1 Å². The number of nitrogens with zero attached hydrogens (tertiary/aromatic N) is 2. The summed E-state index contributed by atoms with van der Waals surface area (Å²) < 4.78 is 6.31. The minimum absolute atomic E-state index is 0.0174. The smallest absolute Gasteiger partial charge is 0.254 e. The van der Waals surface area contributed by atoms with Crippen LogP contribution in [0.15, 0.2) is 47.7 Å². The largest absolute Gasteiger partial charge is 0.508 e. The summed E-state index contributed by atoms with van der Waals surface area (Å²) >= 11 is 0. The SMILES string of the molecule is C/C(C(=O)Nc1ccc(N(C)C)cc1)=C(/O)[C@@H]1Oc2c(O)ccc3c2[C@@]12CCN(CC1CC1)[C@H](C3)[C@@]2(C)O. The van der Waals surface area contributed by atoms with Crippen molar-refractivity contribution in [3.8, 4) is 11.5 Å². The Morgan fingerprint density at radius 2 is 1.89 bits per heavy atom. The average Bonchev–Trinajstić information content (AvgIpc) is 3.62. The lowest BCUT2D eigenvalue weighted by Gasteiger charge is -2.59. The third-order valence-corrected chi connectivity index (χ3v) is 9.36. The van der Waals surface area contributed by atoms with Gasteiger partial charge in [0.25, 0.3) is 5.91 Å². The van der Waals surface area contributed by atoms with Crippen LogP contribution >= 0.6 is 0 Å². The zero-order chi connectivity index (χ0) is 27.0. The number of piperidine rings is 1. The number of likely N-dealkylation sites (tertiary alicyclic amines) is 1. The molecule has 1 saturated carbocycles. The van der Waals surface area contributed by atoms with E-state index in [1.807, 2.05) is 56.3 Å². The van der Waals surface area contributed by atoms with Crippen molar-refractivity contribution < 1.29 is 24.9 Å². The highest BCUT2D eigenvalue weighted by atomic mass is 16.5. The molecular formula is C30H37N3O5. The third kappa shape index (κ3) is 3.61. The van der Waals surface area contributed by atoms with E-state index in [0.29, 0.717) is 30.2 Å². The van der Waals surface area contributed by atoms with Crippen molar-refractivity contribution in [3.63, 3.8) is 0 Å². The van der Waals surface area contributed by atoms with Crippen LogP contribution in [0.5, 0.6) is 11.5 Å². The fourth-order valence-electron chi connectivity index (χ4n) is 6.95. The lowest BCUT2D eigenvalue weighted by atomic mass is 9.53. The Morgan fingerprint density at radius 3 is 2.55 bits per heavy atom. The summed E-state index contributed by atoms with van der Waals surface area (Å²) in [5.41, 5.74) is 1.30. The molecule has 2 heterocycles. The fraction of sp³-hybridized carbons (Fsp3) is 0.500. The number of aromatic hydroxyl groups is 1. The molecule has 4 N–H and O–H groups in total. The standard InChI is InChI=1S/C30H37N3O5/c1-17(28(36)31-20-8-10-21(11-9-20)32(3)4)25(35)27-30-13-14-33(16-18-5-6-18)23(29(30,2)37)15-19-7-12-22(34)26(38-27)24(19)30/h7-12,18,23,27,34-35,37H,5-6,13-16H2,1-4H3,(H,31,36)/b25-17-/t23-,27+,29-,30+/m1/s1. The van der Waals surface area contributed by atoms with Gasteiger partial charge in [-0.15, -0.1) is 0 Å². The first kappa shape index (κ1) is 25.1. The van der Waals surface area contributed by atoms with E-state index in [2.05, 4.69) is 10.2 Å². The highest BCUT2D eigenvalue weighted by molar-refractivity contribution is 6.03. The number of ether oxygens (including phenoxy) is 1. The predicted molar refractivity (Wildman–Crippen MR) is 146 cm³/mol. The number of carbonyl (C=O) groups is 1. The van der Waals surface area contributed by atoms with Crippen molar-refractivity contribution >= 4 is 17.3 Å². The number of hydrogen-bond acceptors (Lipinski definition) is 7. The molecule has 38 heavy (non-hydrogen) atoms. The number of hydrogen-bond donors (Lipinski definition) is 4. The fourth-order valence-corrected chi connectivity index (χ4v) is 6.95.